The first kappa shape index (κ1) is 60.5. The molecule has 0 bridgehead atoms. The van der Waals surface area contributed by atoms with Gasteiger partial charge in [0.05, 0.1) is 62.0 Å². The van der Waals surface area contributed by atoms with Gasteiger partial charge in [0.2, 0.25) is 11.8 Å². The van der Waals surface area contributed by atoms with Crippen molar-refractivity contribution in [2.75, 3.05) is 77.5 Å². The Morgan fingerprint density at radius 2 is 1.10 bits per heavy atom. The van der Waals surface area contributed by atoms with E-state index in [9.17, 15) is 24.0 Å². The number of unbranched alkanes of at least 4 members (excludes halogenated alkanes) is 2. The smallest absolute Gasteiger partial charge is 0.407 e. The Morgan fingerprint density at radius 3 is 1.61 bits per heavy atom. The molecule has 0 spiro atoms. The van der Waals surface area contributed by atoms with Gasteiger partial charge < -0.3 is 59.2 Å². The van der Waals surface area contributed by atoms with Crippen LogP contribution in [0.25, 0.3) is 22.3 Å². The van der Waals surface area contributed by atoms with Crippen molar-refractivity contribution in [3.63, 3.8) is 0 Å². The minimum atomic E-state index is -0.953. The monoisotopic (exact) mass is 1210 g/mol. The Labute approximate surface area is 524 Å². The molecular formula is C71H75N9O10. The van der Waals surface area contributed by atoms with Crippen molar-refractivity contribution in [2.24, 2.45) is 15.9 Å². The van der Waals surface area contributed by atoms with Gasteiger partial charge >= 0.3 is 6.09 Å². The SMILES string of the molecule is COc1cc2c(cc1OCCCCCOc1cc3c(cc1OC)C(=O)N1C=C(c4ccc(N5CCN(C)CC5)cc4)C[C@H]1C=N3)N=C[C@@H]1CC(c3ccc(NC(=O)C(C)NC(=O)[C@@H](NC(=O)OCC4c5ccccc5-c5ccccc54)C(C)C)cc3)=CN1C2=O. The van der Waals surface area contributed by atoms with Crippen molar-refractivity contribution in [1.29, 1.82) is 0 Å². The van der Waals surface area contributed by atoms with E-state index in [1.54, 1.807) is 66.4 Å². The third kappa shape index (κ3) is 12.8. The molecule has 5 aliphatic heterocycles. The van der Waals surface area contributed by atoms with Gasteiger partial charge in [0.15, 0.2) is 23.0 Å². The molecule has 5 heterocycles. The van der Waals surface area contributed by atoms with Crippen LogP contribution in [0.3, 0.4) is 0 Å². The van der Waals surface area contributed by atoms with Gasteiger partial charge in [-0.2, -0.15) is 0 Å². The molecule has 1 saturated heterocycles. The average Bonchev–Trinajstić information content (AvgIpc) is 1.65. The molecule has 1 aliphatic carbocycles. The fourth-order valence-corrected chi connectivity index (χ4v) is 12.5. The van der Waals surface area contributed by atoms with Gasteiger partial charge in [-0.25, -0.2) is 4.79 Å². The largest absolute Gasteiger partial charge is 0.493 e. The van der Waals surface area contributed by atoms with Crippen LogP contribution < -0.4 is 39.8 Å². The zero-order valence-corrected chi connectivity index (χ0v) is 51.6. The molecule has 19 nitrogen and oxygen atoms in total. The summed E-state index contributed by atoms with van der Waals surface area (Å²) in [5, 5.41) is 8.35. The second kappa shape index (κ2) is 26.5. The Balaban J connectivity index is 0.588. The molecule has 6 aromatic rings. The zero-order chi connectivity index (χ0) is 62.6. The van der Waals surface area contributed by atoms with E-state index in [2.05, 4.69) is 69.2 Å². The third-order valence-corrected chi connectivity index (χ3v) is 17.7. The summed E-state index contributed by atoms with van der Waals surface area (Å²) < 4.78 is 29.6. The number of ether oxygens (including phenoxy) is 5. The molecule has 0 radical (unpaired) electrons. The summed E-state index contributed by atoms with van der Waals surface area (Å²) in [6.45, 7) is 10.2. The lowest BCUT2D eigenvalue weighted by atomic mass is 9.98. The molecule has 1 unspecified atom stereocenters. The fraction of sp³-hybridized carbons (Fsp3) is 0.338. The number of carbonyl (C=O) groups excluding carboxylic acids is 5. The number of nitrogens with zero attached hydrogens (tertiary/aromatic N) is 6. The molecule has 4 atom stereocenters. The van der Waals surface area contributed by atoms with E-state index in [1.807, 2.05) is 81.0 Å². The first-order chi connectivity index (χ1) is 43.7. The predicted molar refractivity (Wildman–Crippen MR) is 348 cm³/mol. The second-order valence-corrected chi connectivity index (χ2v) is 24.0. The Hall–Kier alpha value is -9.75. The lowest BCUT2D eigenvalue weighted by molar-refractivity contribution is -0.128. The number of benzene rings is 6. The number of likely N-dealkylation sites (N-methyl/N-ethyl adjacent to an activating group) is 1. The highest BCUT2D eigenvalue weighted by atomic mass is 16.5. The topological polar surface area (TPSA) is 205 Å². The van der Waals surface area contributed by atoms with Crippen LogP contribution in [0, 0.1) is 5.92 Å². The van der Waals surface area contributed by atoms with Crippen molar-refractivity contribution in [3.05, 3.63) is 167 Å². The Bertz CT molecular complexity index is 3810. The van der Waals surface area contributed by atoms with Gasteiger partial charge in [0, 0.05) is 93.3 Å². The molecule has 1 fully saturated rings. The highest BCUT2D eigenvalue weighted by Crippen LogP contribution is 2.46. The van der Waals surface area contributed by atoms with E-state index >= 15 is 0 Å². The van der Waals surface area contributed by atoms with Crippen LogP contribution in [0.5, 0.6) is 23.0 Å². The summed E-state index contributed by atoms with van der Waals surface area (Å²) in [6.07, 6.45) is 10.1. The molecule has 5 amide bonds. The summed E-state index contributed by atoms with van der Waals surface area (Å²) >= 11 is 0. The predicted octanol–water partition coefficient (Wildman–Crippen LogP) is 11.0. The number of fused-ring (bicyclic) bond motifs is 7. The molecule has 464 valence electrons. The number of anilines is 2. The lowest BCUT2D eigenvalue weighted by Crippen LogP contribution is -2.53. The number of methoxy groups -OCH3 is 2. The van der Waals surface area contributed by atoms with Crippen molar-refractivity contribution in [3.8, 4) is 34.1 Å². The van der Waals surface area contributed by atoms with Crippen LogP contribution >= 0.6 is 0 Å². The maximum absolute atomic E-state index is 14.2. The third-order valence-electron chi connectivity index (χ3n) is 17.7. The first-order valence-electron chi connectivity index (χ1n) is 30.9. The van der Waals surface area contributed by atoms with Crippen LogP contribution in [0.4, 0.5) is 27.5 Å². The minimum absolute atomic E-state index is 0.103. The highest BCUT2D eigenvalue weighted by Gasteiger charge is 2.37. The minimum Gasteiger partial charge on any atom is -0.493 e. The number of hydrogen-bond donors (Lipinski definition) is 3. The summed E-state index contributed by atoms with van der Waals surface area (Å²) in [7, 11) is 5.26. The number of hydrogen-bond acceptors (Lipinski definition) is 14. The number of rotatable bonds is 21. The number of carbonyl (C=O) groups is 5. The van der Waals surface area contributed by atoms with E-state index in [0.717, 1.165) is 90.0 Å². The molecule has 6 aliphatic rings. The highest BCUT2D eigenvalue weighted by molar-refractivity contribution is 6.07. The van der Waals surface area contributed by atoms with E-state index in [4.69, 9.17) is 33.7 Å². The van der Waals surface area contributed by atoms with Gasteiger partial charge in [-0.05, 0) is 120 Å². The van der Waals surface area contributed by atoms with Gasteiger partial charge in [-0.15, -0.1) is 0 Å². The average molecular weight is 1210 g/mol. The number of alkyl carbamates (subject to hydrolysis) is 1. The van der Waals surface area contributed by atoms with Gasteiger partial charge in [0.1, 0.15) is 18.7 Å². The summed E-state index contributed by atoms with van der Waals surface area (Å²) in [6, 6.07) is 36.6. The van der Waals surface area contributed by atoms with Gasteiger partial charge in [-0.1, -0.05) is 86.6 Å². The van der Waals surface area contributed by atoms with Gasteiger partial charge in [-0.3, -0.25) is 29.2 Å². The Morgan fingerprint density at radius 1 is 0.589 bits per heavy atom. The normalized spacial score (nSPS) is 18.0. The number of amides is 5. The first-order valence-corrected chi connectivity index (χ1v) is 30.9. The quantitative estimate of drug-likeness (QED) is 0.0576. The molecule has 0 aromatic heterocycles. The van der Waals surface area contributed by atoms with E-state index < -0.39 is 30.0 Å². The summed E-state index contributed by atoms with van der Waals surface area (Å²) in [4.78, 5) is 86.1. The maximum Gasteiger partial charge on any atom is 0.407 e. The lowest BCUT2D eigenvalue weighted by Gasteiger charge is -2.34. The van der Waals surface area contributed by atoms with Crippen LogP contribution in [0.1, 0.15) is 102 Å². The molecule has 90 heavy (non-hydrogen) atoms. The maximum atomic E-state index is 14.2. The van der Waals surface area contributed by atoms with Crippen LogP contribution in [0.15, 0.2) is 144 Å². The van der Waals surface area contributed by atoms with Crippen molar-refractivity contribution < 1.29 is 47.7 Å². The Kier molecular flexibility index (Phi) is 17.8. The van der Waals surface area contributed by atoms with Crippen molar-refractivity contribution in [1.82, 2.24) is 25.3 Å². The van der Waals surface area contributed by atoms with Crippen molar-refractivity contribution >= 4 is 76.0 Å². The number of aliphatic imine (C=N–C) groups is 2. The fourth-order valence-electron chi connectivity index (χ4n) is 12.5. The molecular weight excluding hydrogens is 1140 g/mol. The molecule has 6 aromatic carbocycles. The van der Waals surface area contributed by atoms with Crippen LogP contribution in [-0.4, -0.2) is 148 Å². The second-order valence-electron chi connectivity index (χ2n) is 24.0. The number of piperazine rings is 1. The van der Waals surface area contributed by atoms with Crippen molar-refractivity contribution in [2.45, 2.75) is 83.0 Å². The number of nitrogens with one attached hydrogen (secondary N) is 3. The zero-order valence-electron chi connectivity index (χ0n) is 51.6. The summed E-state index contributed by atoms with van der Waals surface area (Å²) in [5.74, 6) is 0.125. The molecule has 12 rings (SSSR count). The van der Waals surface area contributed by atoms with E-state index in [0.29, 0.717) is 77.2 Å². The van der Waals surface area contributed by atoms with Gasteiger partial charge in [0.25, 0.3) is 11.8 Å². The van der Waals surface area contributed by atoms with E-state index in [-0.39, 0.29) is 42.3 Å². The molecule has 19 heteroatoms. The van der Waals surface area contributed by atoms with Crippen LogP contribution in [0.2, 0.25) is 0 Å². The molecule has 3 N–H and O–H groups in total. The summed E-state index contributed by atoms with van der Waals surface area (Å²) in [5.41, 5.74) is 12.0. The molecule has 0 saturated carbocycles. The van der Waals surface area contributed by atoms with Crippen LogP contribution in [-0.2, 0) is 14.3 Å². The standard InChI is InChI=1S/C71H75N9O10/c1-43(2)66(76-71(85)90-42-59-55-16-10-8-14-53(55)54-15-9-11-17-56(54)59)68(82)74-44(3)67(81)75-49-22-18-45(19-23-49)47-32-51-38-72-60-36-64(62(86-5)34-57(60)69(83)79(51)40-47)88-30-12-7-13-31-89-65-37-61-58(35-63(65)87-6)70(84)80-41-48(33-52(80)39-73-61)46-20-24-50(25-21-46)78-28-26-77(4)27-29-78/h8-11,14-25,34-41,43-44,51-52,59,66H,7,12-13,26-33,42H2,1-6H3,(H,74,82)(H,75,81)(H,76,85)/t44?,51-,52-,66-/m0/s1. The van der Waals surface area contributed by atoms with E-state index in [1.165, 1.54) is 12.8 Å².